The average Bonchev–Trinajstić information content (AvgIpc) is 3.39. The molecule has 2 aliphatic carbocycles. The second-order valence-corrected chi connectivity index (χ2v) is 9.95. The maximum absolute atomic E-state index is 2.91. The predicted molar refractivity (Wildman–Crippen MR) is 92.5 cm³/mol. The zero-order valence-electron chi connectivity index (χ0n) is 15.3. The Balaban J connectivity index is 1.59. The highest BCUT2D eigenvalue weighted by Crippen LogP contribution is 2.56. The van der Waals surface area contributed by atoms with Gasteiger partial charge in [0.25, 0.3) is 0 Å². The Morgan fingerprint density at radius 3 is 1.32 bits per heavy atom. The van der Waals surface area contributed by atoms with Crippen LogP contribution in [0.2, 0.25) is 0 Å². The second kappa shape index (κ2) is 5.21. The van der Waals surface area contributed by atoms with Crippen LogP contribution in [0.1, 0.15) is 79.1 Å². The first-order valence-electron chi connectivity index (χ1n) is 9.94. The Bertz CT molecular complexity index is 383. The molecule has 4 atom stereocenters. The number of hydrazine groups is 1. The van der Waals surface area contributed by atoms with E-state index in [1.54, 1.807) is 0 Å². The van der Waals surface area contributed by atoms with E-state index in [4.69, 9.17) is 0 Å². The van der Waals surface area contributed by atoms with Crippen molar-refractivity contribution in [3.63, 3.8) is 0 Å². The molecule has 4 fully saturated rings. The number of hydrogen-bond donors (Lipinski definition) is 0. The summed E-state index contributed by atoms with van der Waals surface area (Å²) in [7, 11) is 0. The summed E-state index contributed by atoms with van der Waals surface area (Å²) in [6.45, 7) is 12.7. The van der Waals surface area contributed by atoms with Gasteiger partial charge in [0.2, 0.25) is 0 Å². The maximum atomic E-state index is 2.91. The van der Waals surface area contributed by atoms with Gasteiger partial charge in [-0.15, -0.1) is 0 Å². The molecule has 2 heterocycles. The largest absolute Gasteiger partial charge is 0.238 e. The van der Waals surface area contributed by atoms with Gasteiger partial charge < -0.3 is 0 Å². The molecule has 126 valence electrons. The lowest BCUT2D eigenvalue weighted by Gasteiger charge is -2.54. The molecule has 2 heteroatoms. The van der Waals surface area contributed by atoms with Crippen molar-refractivity contribution in [1.82, 2.24) is 10.0 Å². The van der Waals surface area contributed by atoms with Crippen molar-refractivity contribution in [2.75, 3.05) is 13.1 Å². The average molecular weight is 305 g/mol. The summed E-state index contributed by atoms with van der Waals surface area (Å²) in [5.41, 5.74) is 1.27. The number of hydrogen-bond acceptors (Lipinski definition) is 2. The van der Waals surface area contributed by atoms with Gasteiger partial charge in [-0.1, -0.05) is 27.7 Å². The molecule has 0 aromatic heterocycles. The van der Waals surface area contributed by atoms with Gasteiger partial charge in [-0.05, 0) is 74.0 Å². The van der Waals surface area contributed by atoms with Gasteiger partial charge >= 0.3 is 0 Å². The van der Waals surface area contributed by atoms with Crippen LogP contribution in [0, 0.1) is 22.7 Å². The molecule has 0 bridgehead atoms. The number of piperidine rings is 2. The molecule has 22 heavy (non-hydrogen) atoms. The third kappa shape index (κ3) is 2.65. The van der Waals surface area contributed by atoms with Crippen LogP contribution in [-0.2, 0) is 0 Å². The van der Waals surface area contributed by atoms with E-state index in [1.807, 2.05) is 0 Å². The third-order valence-electron chi connectivity index (χ3n) is 7.60. The molecule has 4 aliphatic rings. The molecule has 2 saturated heterocycles. The van der Waals surface area contributed by atoms with Crippen LogP contribution >= 0.6 is 0 Å². The molecule has 0 radical (unpaired) electrons. The van der Waals surface area contributed by atoms with Crippen molar-refractivity contribution in [3.8, 4) is 0 Å². The Labute approximate surface area is 137 Å². The molecule has 0 spiro atoms. The van der Waals surface area contributed by atoms with E-state index in [0.29, 0.717) is 10.8 Å². The van der Waals surface area contributed by atoms with Gasteiger partial charge in [0.05, 0.1) is 0 Å². The SMILES string of the molecule is C[C@H]1CCC(C2(C)CC2)N(N2C[C@@H](C)CC[C@@H]2C2(C)CC2)C1. The van der Waals surface area contributed by atoms with Crippen molar-refractivity contribution >= 4 is 0 Å². The fourth-order valence-corrected chi connectivity index (χ4v) is 5.30. The number of rotatable bonds is 3. The highest BCUT2D eigenvalue weighted by Gasteiger charge is 2.54. The smallest absolute Gasteiger partial charge is 0.0299 e. The first-order valence-corrected chi connectivity index (χ1v) is 9.94. The van der Waals surface area contributed by atoms with Crippen LogP contribution < -0.4 is 0 Å². The lowest BCUT2D eigenvalue weighted by atomic mass is 9.83. The first kappa shape index (κ1) is 15.4. The topological polar surface area (TPSA) is 6.48 Å². The van der Waals surface area contributed by atoms with Gasteiger partial charge in [-0.2, -0.15) is 0 Å². The minimum Gasteiger partial charge on any atom is -0.238 e. The Morgan fingerprint density at radius 2 is 1.00 bits per heavy atom. The predicted octanol–water partition coefficient (Wildman–Crippen LogP) is 4.70. The molecular weight excluding hydrogens is 268 g/mol. The highest BCUT2D eigenvalue weighted by molar-refractivity contribution is 5.05. The van der Waals surface area contributed by atoms with Crippen LogP contribution in [0.4, 0.5) is 0 Å². The van der Waals surface area contributed by atoms with E-state index in [0.717, 1.165) is 23.9 Å². The van der Waals surface area contributed by atoms with Crippen molar-refractivity contribution < 1.29 is 0 Å². The summed E-state index contributed by atoms with van der Waals surface area (Å²) in [5.74, 6) is 1.76. The van der Waals surface area contributed by atoms with Crippen molar-refractivity contribution in [2.45, 2.75) is 91.1 Å². The summed E-state index contributed by atoms with van der Waals surface area (Å²) in [4.78, 5) is 0. The van der Waals surface area contributed by atoms with Gasteiger partial charge in [-0.25, -0.2) is 10.0 Å². The summed E-state index contributed by atoms with van der Waals surface area (Å²) < 4.78 is 0. The molecule has 0 aromatic rings. The van der Waals surface area contributed by atoms with Crippen LogP contribution in [0.5, 0.6) is 0 Å². The molecule has 0 N–H and O–H groups in total. The maximum Gasteiger partial charge on any atom is 0.0299 e. The van der Waals surface area contributed by atoms with Gasteiger partial charge in [0, 0.05) is 25.2 Å². The third-order valence-corrected chi connectivity index (χ3v) is 7.60. The summed E-state index contributed by atoms with van der Waals surface area (Å²) >= 11 is 0. The van der Waals surface area contributed by atoms with Gasteiger partial charge in [-0.3, -0.25) is 0 Å². The summed E-state index contributed by atoms with van der Waals surface area (Å²) in [5, 5.41) is 5.82. The fourth-order valence-electron chi connectivity index (χ4n) is 5.30. The quantitative estimate of drug-likeness (QED) is 0.745. The van der Waals surface area contributed by atoms with E-state index in [1.165, 1.54) is 64.5 Å². The van der Waals surface area contributed by atoms with Crippen molar-refractivity contribution in [3.05, 3.63) is 0 Å². The Morgan fingerprint density at radius 1 is 0.636 bits per heavy atom. The molecule has 1 unspecified atom stereocenters. The monoisotopic (exact) mass is 304 g/mol. The zero-order valence-corrected chi connectivity index (χ0v) is 15.3. The van der Waals surface area contributed by atoms with E-state index in [-0.39, 0.29) is 0 Å². The minimum absolute atomic E-state index is 0.635. The number of nitrogens with zero attached hydrogens (tertiary/aromatic N) is 2. The standard InChI is InChI=1S/C20H36N2/c1-15-5-7-17(19(3)9-10-19)21(13-15)22-14-16(2)6-8-18(22)20(4)11-12-20/h15-18H,5-14H2,1-4H3/t15-,16-,17+,18?/m0/s1. The second-order valence-electron chi connectivity index (χ2n) is 9.95. The highest BCUT2D eigenvalue weighted by atomic mass is 15.7. The molecule has 2 aliphatic heterocycles. The van der Waals surface area contributed by atoms with Crippen molar-refractivity contribution in [1.29, 1.82) is 0 Å². The molecule has 4 rings (SSSR count). The summed E-state index contributed by atoms with van der Waals surface area (Å²) in [6, 6.07) is 1.66. The van der Waals surface area contributed by atoms with Crippen LogP contribution in [0.3, 0.4) is 0 Å². The minimum atomic E-state index is 0.635. The fraction of sp³-hybridized carbons (Fsp3) is 1.00. The van der Waals surface area contributed by atoms with Gasteiger partial charge in [0.1, 0.15) is 0 Å². The van der Waals surface area contributed by atoms with E-state index in [9.17, 15) is 0 Å². The van der Waals surface area contributed by atoms with Gasteiger partial charge in [0.15, 0.2) is 0 Å². The lowest BCUT2D eigenvalue weighted by Crippen LogP contribution is -2.62. The van der Waals surface area contributed by atoms with Crippen LogP contribution in [0.15, 0.2) is 0 Å². The Kier molecular flexibility index (Phi) is 3.66. The normalized spacial score (nSPS) is 44.7. The summed E-state index contributed by atoms with van der Waals surface area (Å²) in [6.07, 6.45) is 11.6. The molecular formula is C20H36N2. The Hall–Kier alpha value is -0.0800. The van der Waals surface area contributed by atoms with E-state index in [2.05, 4.69) is 37.7 Å². The molecule has 2 saturated carbocycles. The van der Waals surface area contributed by atoms with E-state index >= 15 is 0 Å². The first-order chi connectivity index (χ1) is 10.4. The lowest BCUT2D eigenvalue weighted by molar-refractivity contribution is -0.166. The molecule has 2 nitrogen and oxygen atoms in total. The van der Waals surface area contributed by atoms with E-state index < -0.39 is 0 Å². The molecule has 0 amide bonds. The molecule has 0 aromatic carbocycles. The van der Waals surface area contributed by atoms with Crippen molar-refractivity contribution in [2.24, 2.45) is 22.7 Å². The van der Waals surface area contributed by atoms with Crippen LogP contribution in [-0.4, -0.2) is 35.2 Å². The zero-order chi connectivity index (χ0) is 15.5. The van der Waals surface area contributed by atoms with Crippen LogP contribution in [0.25, 0.3) is 0 Å².